The fourth-order valence-corrected chi connectivity index (χ4v) is 4.68. The van der Waals surface area contributed by atoms with Crippen LogP contribution in [-0.2, 0) is 24.0 Å². The number of aliphatic hydroxyl groups excluding tert-OH is 1. The molecule has 0 radical (unpaired) electrons. The molecule has 0 bridgehead atoms. The maximum absolute atomic E-state index is 13.9. The fourth-order valence-electron chi connectivity index (χ4n) is 4.68. The molecule has 0 spiro atoms. The van der Waals surface area contributed by atoms with Crippen LogP contribution in [0.25, 0.3) is 11.3 Å². The summed E-state index contributed by atoms with van der Waals surface area (Å²) in [7, 11) is 0. The largest absolute Gasteiger partial charge is 0.387 e. The molecular weight excluding hydrogens is 546 g/mol. The molecule has 4 amide bonds. The van der Waals surface area contributed by atoms with E-state index in [2.05, 4.69) is 15.8 Å². The number of aryl methyl sites for hydroxylation is 1. The van der Waals surface area contributed by atoms with Gasteiger partial charge in [-0.2, -0.15) is 0 Å². The number of aromatic nitrogens is 1. The molecule has 4 rings (SSSR count). The minimum atomic E-state index is -1.37. The molecule has 218 valence electrons. The van der Waals surface area contributed by atoms with Gasteiger partial charge in [-0.05, 0) is 26.0 Å². The summed E-state index contributed by atoms with van der Waals surface area (Å²) in [4.78, 5) is 78.4. The second kappa shape index (κ2) is 13.0. The number of hydrogen-bond donors (Lipinski definition) is 3. The number of nitrogens with zero attached hydrogens (tertiary/aromatic N) is 3. The number of carbonyl (C=O) groups excluding carboxylic acids is 6. The minimum absolute atomic E-state index is 0.0816. The Kier molecular flexibility index (Phi) is 9.22. The van der Waals surface area contributed by atoms with Gasteiger partial charge >= 0.3 is 0 Å². The Balaban J connectivity index is 1.69. The third kappa shape index (κ3) is 6.41. The van der Waals surface area contributed by atoms with E-state index in [1.165, 1.54) is 19.1 Å². The SMILES string of the molecule is CC(=O)C[C@@H](C=O)NC(=O)CN1C(=O)[C@@H](NC(=O)c2c(-c3ccccc3)noc2C)CN(C(=O)CO)c2ccccc21. The van der Waals surface area contributed by atoms with E-state index < -0.39 is 48.9 Å². The van der Waals surface area contributed by atoms with E-state index in [0.717, 1.165) is 9.80 Å². The predicted octanol–water partition coefficient (Wildman–Crippen LogP) is 0.783. The van der Waals surface area contributed by atoms with Crippen LogP contribution < -0.4 is 20.4 Å². The zero-order valence-corrected chi connectivity index (χ0v) is 22.9. The van der Waals surface area contributed by atoms with Gasteiger partial charge in [-0.25, -0.2) is 0 Å². The normalized spacial score (nSPS) is 15.3. The molecule has 0 saturated carbocycles. The summed E-state index contributed by atoms with van der Waals surface area (Å²) >= 11 is 0. The number of aliphatic hydroxyl groups is 1. The number of amides is 4. The Morgan fingerprint density at radius 3 is 2.40 bits per heavy atom. The Bertz CT molecular complexity index is 1520. The van der Waals surface area contributed by atoms with Crippen LogP contribution in [0.2, 0.25) is 0 Å². The summed E-state index contributed by atoms with van der Waals surface area (Å²) in [5.74, 6) is -3.05. The number of hydrogen-bond acceptors (Lipinski definition) is 9. The van der Waals surface area contributed by atoms with Crippen LogP contribution in [-0.4, -0.2) is 77.7 Å². The van der Waals surface area contributed by atoms with E-state index in [9.17, 15) is 33.9 Å². The predicted molar refractivity (Wildman–Crippen MR) is 149 cm³/mol. The highest BCUT2D eigenvalue weighted by molar-refractivity contribution is 6.11. The van der Waals surface area contributed by atoms with Gasteiger partial charge in [0.15, 0.2) is 0 Å². The molecule has 0 unspecified atom stereocenters. The summed E-state index contributed by atoms with van der Waals surface area (Å²) in [6, 6.07) is 12.6. The Morgan fingerprint density at radius 2 is 1.76 bits per heavy atom. The van der Waals surface area contributed by atoms with E-state index in [-0.39, 0.29) is 47.1 Å². The Morgan fingerprint density at radius 1 is 1.10 bits per heavy atom. The molecule has 0 aliphatic carbocycles. The standard InChI is InChI=1S/C29H29N5O8/c1-17(37)12-20(15-35)30-24(38)14-34-23-11-7-6-10-22(23)33(25(39)16-36)13-21(29(34)41)31-28(40)26-18(2)42-32-27(26)19-8-4-3-5-9-19/h3-11,15,20-21,36H,12-14,16H2,1-2H3,(H,30,38)(H,31,40)/t20-,21-/m0/s1. The smallest absolute Gasteiger partial charge is 0.257 e. The van der Waals surface area contributed by atoms with Crippen LogP contribution in [0.15, 0.2) is 59.1 Å². The number of anilines is 2. The second-order valence-electron chi connectivity index (χ2n) is 9.65. The van der Waals surface area contributed by atoms with E-state index in [1.54, 1.807) is 49.4 Å². The summed E-state index contributed by atoms with van der Waals surface area (Å²) < 4.78 is 5.28. The summed E-state index contributed by atoms with van der Waals surface area (Å²) in [6.45, 7) is 0.997. The van der Waals surface area contributed by atoms with E-state index in [4.69, 9.17) is 4.52 Å². The Labute approximate surface area is 240 Å². The number of para-hydroxylation sites is 2. The van der Waals surface area contributed by atoms with Gasteiger partial charge in [0.25, 0.3) is 17.7 Å². The van der Waals surface area contributed by atoms with Gasteiger partial charge < -0.3 is 30.0 Å². The highest BCUT2D eigenvalue weighted by atomic mass is 16.5. The van der Waals surface area contributed by atoms with Crippen molar-refractivity contribution < 1.29 is 38.4 Å². The molecule has 13 nitrogen and oxygen atoms in total. The molecule has 2 heterocycles. The number of rotatable bonds is 10. The van der Waals surface area contributed by atoms with Gasteiger partial charge in [0, 0.05) is 12.0 Å². The molecule has 13 heteroatoms. The molecule has 0 saturated heterocycles. The lowest BCUT2D eigenvalue weighted by Gasteiger charge is -2.25. The third-order valence-electron chi connectivity index (χ3n) is 6.59. The van der Waals surface area contributed by atoms with Gasteiger partial charge in [0.05, 0.1) is 24.0 Å². The highest BCUT2D eigenvalue weighted by Crippen LogP contribution is 2.33. The van der Waals surface area contributed by atoms with Crippen LogP contribution in [0.3, 0.4) is 0 Å². The number of nitrogens with one attached hydrogen (secondary N) is 2. The van der Waals surface area contributed by atoms with Crippen molar-refractivity contribution >= 4 is 47.1 Å². The highest BCUT2D eigenvalue weighted by Gasteiger charge is 2.38. The van der Waals surface area contributed by atoms with Crippen LogP contribution in [0.4, 0.5) is 11.4 Å². The summed E-state index contributed by atoms with van der Waals surface area (Å²) in [6.07, 6.45) is 0.201. The van der Waals surface area contributed by atoms with Crippen LogP contribution in [0, 0.1) is 6.92 Å². The quantitative estimate of drug-likeness (QED) is 0.295. The minimum Gasteiger partial charge on any atom is -0.387 e. The van der Waals surface area contributed by atoms with Crippen molar-refractivity contribution in [2.75, 3.05) is 29.5 Å². The average Bonchev–Trinajstić information content (AvgIpc) is 3.33. The molecule has 1 aliphatic rings. The maximum atomic E-state index is 13.9. The number of Topliss-reactive ketones (excluding diaryl/α,β-unsaturated/α-hetero) is 1. The molecule has 3 aromatic rings. The van der Waals surface area contributed by atoms with Gasteiger partial charge in [-0.3, -0.25) is 28.9 Å². The van der Waals surface area contributed by atoms with Crippen molar-refractivity contribution in [3.8, 4) is 11.3 Å². The Hall–Kier alpha value is -5.17. The molecule has 1 aliphatic heterocycles. The molecule has 3 N–H and O–H groups in total. The number of benzene rings is 2. The number of ketones is 1. The first kappa shape index (κ1) is 29.8. The molecule has 2 atom stereocenters. The van der Waals surface area contributed by atoms with Crippen molar-refractivity contribution in [1.82, 2.24) is 15.8 Å². The summed E-state index contributed by atoms with van der Waals surface area (Å²) in [5.41, 5.74) is 1.32. The van der Waals surface area contributed by atoms with Crippen molar-refractivity contribution in [2.45, 2.75) is 32.4 Å². The molecule has 42 heavy (non-hydrogen) atoms. The number of carbonyl (C=O) groups is 6. The van der Waals surface area contributed by atoms with Crippen molar-refractivity contribution in [3.05, 3.63) is 65.9 Å². The van der Waals surface area contributed by atoms with Gasteiger partial charge in [-0.1, -0.05) is 47.6 Å². The third-order valence-corrected chi connectivity index (χ3v) is 6.59. The first-order valence-corrected chi connectivity index (χ1v) is 13.0. The lowest BCUT2D eigenvalue weighted by atomic mass is 10.1. The van der Waals surface area contributed by atoms with E-state index in [0.29, 0.717) is 11.8 Å². The summed E-state index contributed by atoms with van der Waals surface area (Å²) in [5, 5.41) is 18.7. The first-order chi connectivity index (χ1) is 20.1. The molecule has 0 fully saturated rings. The number of aldehydes is 1. The maximum Gasteiger partial charge on any atom is 0.257 e. The molecule has 1 aromatic heterocycles. The van der Waals surface area contributed by atoms with Crippen molar-refractivity contribution in [3.63, 3.8) is 0 Å². The second-order valence-corrected chi connectivity index (χ2v) is 9.65. The van der Waals surface area contributed by atoms with Crippen molar-refractivity contribution in [2.24, 2.45) is 0 Å². The van der Waals surface area contributed by atoms with Crippen LogP contribution in [0.5, 0.6) is 0 Å². The first-order valence-electron chi connectivity index (χ1n) is 13.0. The lowest BCUT2D eigenvalue weighted by Crippen LogP contribution is -2.55. The van der Waals surface area contributed by atoms with Crippen LogP contribution >= 0.6 is 0 Å². The topological polar surface area (TPSA) is 179 Å². The van der Waals surface area contributed by atoms with Crippen LogP contribution in [0.1, 0.15) is 29.5 Å². The fraction of sp³-hybridized carbons (Fsp3) is 0.276. The molecule has 2 aromatic carbocycles. The van der Waals surface area contributed by atoms with Gasteiger partial charge in [0.1, 0.15) is 48.3 Å². The van der Waals surface area contributed by atoms with E-state index >= 15 is 0 Å². The van der Waals surface area contributed by atoms with Gasteiger partial charge in [-0.15, -0.1) is 0 Å². The molecular formula is C29H29N5O8. The number of fused-ring (bicyclic) bond motifs is 1. The van der Waals surface area contributed by atoms with Gasteiger partial charge in [0.2, 0.25) is 5.91 Å². The average molecular weight is 576 g/mol. The lowest BCUT2D eigenvalue weighted by molar-refractivity contribution is -0.127. The van der Waals surface area contributed by atoms with E-state index in [1.807, 2.05) is 0 Å². The zero-order chi connectivity index (χ0) is 30.4. The monoisotopic (exact) mass is 575 g/mol. The van der Waals surface area contributed by atoms with Crippen molar-refractivity contribution in [1.29, 1.82) is 0 Å². The zero-order valence-electron chi connectivity index (χ0n) is 22.9.